The highest BCUT2D eigenvalue weighted by Crippen LogP contribution is 2.65. The standard InChI is InChI=1S/C28H38N3O4P/c1-3-34-36(33,35-4-2)26-27(32)30(25-8-6-5-7-24(25)29-26)23-14-21-9-10-22(15-23)31(21)28-16-18-11-19(17-28)13-20(28)12-18/h5-8,18-23H,3-4,9-17H2,1-2H3/t18?,19?,20?,21-,22+,23?,28?. The van der Waals surface area contributed by atoms with Gasteiger partial charge >= 0.3 is 7.60 Å². The summed E-state index contributed by atoms with van der Waals surface area (Å²) in [6.07, 6.45) is 11.6. The Morgan fingerprint density at radius 3 is 2.22 bits per heavy atom. The van der Waals surface area contributed by atoms with Gasteiger partial charge in [-0.05, 0) is 102 Å². The molecule has 8 heteroatoms. The van der Waals surface area contributed by atoms with Gasteiger partial charge in [-0.2, -0.15) is 0 Å². The van der Waals surface area contributed by atoms with Crippen LogP contribution in [-0.2, 0) is 13.6 Å². The van der Waals surface area contributed by atoms with E-state index in [1.807, 2.05) is 28.8 Å². The molecule has 3 unspecified atom stereocenters. The van der Waals surface area contributed by atoms with E-state index in [1.54, 1.807) is 13.8 Å². The first-order valence-corrected chi connectivity index (χ1v) is 15.7. The van der Waals surface area contributed by atoms with Crippen LogP contribution >= 0.6 is 7.60 Å². The fraction of sp³-hybridized carbons (Fsp3) is 0.714. The van der Waals surface area contributed by atoms with Crippen molar-refractivity contribution in [2.45, 2.75) is 95.3 Å². The van der Waals surface area contributed by atoms with Crippen molar-refractivity contribution in [3.8, 4) is 0 Å². The average molecular weight is 512 g/mol. The maximum absolute atomic E-state index is 14.0. The van der Waals surface area contributed by atoms with Crippen LogP contribution < -0.4 is 11.0 Å². The zero-order valence-electron chi connectivity index (χ0n) is 21.5. The molecule has 2 aromatic rings. The summed E-state index contributed by atoms with van der Waals surface area (Å²) in [7, 11) is -3.81. The summed E-state index contributed by atoms with van der Waals surface area (Å²) >= 11 is 0. The molecule has 0 N–H and O–H groups in total. The van der Waals surface area contributed by atoms with Gasteiger partial charge < -0.3 is 13.6 Å². The topological polar surface area (TPSA) is 73.7 Å². The van der Waals surface area contributed by atoms with Crippen LogP contribution in [0.1, 0.15) is 77.7 Å². The molecule has 4 saturated carbocycles. The minimum atomic E-state index is -3.81. The van der Waals surface area contributed by atoms with Gasteiger partial charge in [-0.3, -0.25) is 14.3 Å². The second-order valence-corrected chi connectivity index (χ2v) is 13.9. The zero-order chi connectivity index (χ0) is 24.7. The van der Waals surface area contributed by atoms with Crippen molar-refractivity contribution < 1.29 is 13.6 Å². The van der Waals surface area contributed by atoms with E-state index in [9.17, 15) is 9.36 Å². The Morgan fingerprint density at radius 1 is 0.944 bits per heavy atom. The van der Waals surface area contributed by atoms with Crippen molar-refractivity contribution >= 4 is 24.1 Å². The summed E-state index contributed by atoms with van der Waals surface area (Å²) in [5.74, 6) is 2.78. The van der Waals surface area contributed by atoms with E-state index in [4.69, 9.17) is 9.05 Å². The maximum Gasteiger partial charge on any atom is 0.385 e. The predicted molar refractivity (Wildman–Crippen MR) is 140 cm³/mol. The molecule has 0 amide bonds. The first-order valence-electron chi connectivity index (χ1n) is 14.1. The van der Waals surface area contributed by atoms with Crippen LogP contribution in [0.15, 0.2) is 29.1 Å². The fourth-order valence-corrected chi connectivity index (χ4v) is 11.0. The molecular weight excluding hydrogens is 473 g/mol. The smallest absolute Gasteiger partial charge is 0.304 e. The lowest BCUT2D eigenvalue weighted by Gasteiger charge is -2.52. The number of rotatable bonds is 7. The van der Waals surface area contributed by atoms with Gasteiger partial charge in [-0.1, -0.05) is 12.1 Å². The highest BCUT2D eigenvalue weighted by molar-refractivity contribution is 7.61. The molecule has 6 aliphatic rings. The van der Waals surface area contributed by atoms with Crippen LogP contribution in [0.25, 0.3) is 11.0 Å². The second-order valence-electron chi connectivity index (χ2n) is 12.0. The normalized spacial score (nSPS) is 37.4. The Labute approximate surface area is 213 Å². The molecule has 36 heavy (non-hydrogen) atoms. The molecule has 6 fully saturated rings. The summed E-state index contributed by atoms with van der Waals surface area (Å²) in [4.78, 5) is 21.6. The molecule has 0 spiro atoms. The van der Waals surface area contributed by atoms with Crippen molar-refractivity contribution in [3.05, 3.63) is 34.6 Å². The lowest BCUT2D eigenvalue weighted by molar-refractivity contribution is -0.0244. The maximum atomic E-state index is 14.0. The number of hydrogen-bond acceptors (Lipinski definition) is 6. The molecule has 1 aromatic carbocycles. The zero-order valence-corrected chi connectivity index (χ0v) is 22.4. The molecule has 1 aromatic heterocycles. The monoisotopic (exact) mass is 511 g/mol. The van der Waals surface area contributed by atoms with Crippen molar-refractivity contribution in [1.82, 2.24) is 14.5 Å². The molecule has 0 radical (unpaired) electrons. The third-order valence-corrected chi connectivity index (χ3v) is 12.2. The Morgan fingerprint density at radius 2 is 1.58 bits per heavy atom. The van der Waals surface area contributed by atoms with Crippen LogP contribution in [-0.4, -0.2) is 45.3 Å². The molecule has 3 heterocycles. The van der Waals surface area contributed by atoms with Gasteiger partial charge in [-0.15, -0.1) is 0 Å². The van der Waals surface area contributed by atoms with Crippen LogP contribution in [0.2, 0.25) is 0 Å². The summed E-state index contributed by atoms with van der Waals surface area (Å²) in [6.45, 7) is 3.92. The number of para-hydroxylation sites is 2. The van der Waals surface area contributed by atoms with Gasteiger partial charge in [-0.25, -0.2) is 4.98 Å². The first-order chi connectivity index (χ1) is 17.5. The Bertz CT molecular complexity index is 1260. The molecular formula is C28H38N3O4P. The number of hydrogen-bond donors (Lipinski definition) is 0. The third kappa shape index (κ3) is 3.32. The largest absolute Gasteiger partial charge is 0.385 e. The average Bonchev–Trinajstić information content (AvgIpc) is 3.38. The summed E-state index contributed by atoms with van der Waals surface area (Å²) in [5, 5.41) is 0. The number of nitrogens with zero attached hydrogens (tertiary/aromatic N) is 3. The quantitative estimate of drug-likeness (QED) is 0.486. The SMILES string of the molecule is CCOP(=O)(OCC)c1nc2ccccc2n(C2C[C@H]3CC[C@@H](C2)N3C23CC4CC(CC2C4)C3)c1=O. The molecule has 6 bridgehead atoms. The van der Waals surface area contributed by atoms with Gasteiger partial charge in [0.05, 0.1) is 24.2 Å². The van der Waals surface area contributed by atoms with Crippen LogP contribution in [0.5, 0.6) is 0 Å². The molecule has 8 rings (SSSR count). The second kappa shape index (κ2) is 8.49. The van der Waals surface area contributed by atoms with Crippen LogP contribution in [0, 0.1) is 17.8 Å². The molecule has 4 aliphatic carbocycles. The van der Waals surface area contributed by atoms with Gasteiger partial charge in [0.15, 0.2) is 0 Å². The molecule has 194 valence electrons. The lowest BCUT2D eigenvalue weighted by Crippen LogP contribution is -2.58. The van der Waals surface area contributed by atoms with Crippen LogP contribution in [0.3, 0.4) is 0 Å². The van der Waals surface area contributed by atoms with E-state index in [1.165, 1.54) is 44.9 Å². The Kier molecular flexibility index (Phi) is 5.56. The van der Waals surface area contributed by atoms with Crippen LogP contribution in [0.4, 0.5) is 0 Å². The Balaban J connectivity index is 1.28. The Hall–Kier alpha value is -1.53. The van der Waals surface area contributed by atoms with Gasteiger partial charge in [0.1, 0.15) is 0 Å². The molecule has 2 saturated heterocycles. The molecule has 7 nitrogen and oxygen atoms in total. The predicted octanol–water partition coefficient (Wildman–Crippen LogP) is 5.03. The summed E-state index contributed by atoms with van der Waals surface area (Å²) in [6, 6.07) is 8.87. The van der Waals surface area contributed by atoms with E-state index in [0.29, 0.717) is 23.1 Å². The summed E-state index contributed by atoms with van der Waals surface area (Å²) < 4.78 is 26.8. The third-order valence-electron chi connectivity index (χ3n) is 10.2. The van der Waals surface area contributed by atoms with E-state index < -0.39 is 7.60 Å². The summed E-state index contributed by atoms with van der Waals surface area (Å²) in [5.41, 5.74) is 1.55. The van der Waals surface area contributed by atoms with Crippen molar-refractivity contribution in [1.29, 1.82) is 0 Å². The highest BCUT2D eigenvalue weighted by atomic mass is 31.2. The van der Waals surface area contributed by atoms with Crippen molar-refractivity contribution in [2.24, 2.45) is 17.8 Å². The van der Waals surface area contributed by atoms with E-state index in [0.717, 1.165) is 36.1 Å². The van der Waals surface area contributed by atoms with Gasteiger partial charge in [0.25, 0.3) is 5.56 Å². The van der Waals surface area contributed by atoms with Crippen molar-refractivity contribution in [3.63, 3.8) is 0 Å². The van der Waals surface area contributed by atoms with Gasteiger partial charge in [0.2, 0.25) is 5.44 Å². The lowest BCUT2D eigenvalue weighted by atomic mass is 9.78. The number of fused-ring (bicyclic) bond motifs is 3. The minimum absolute atomic E-state index is 0.0648. The van der Waals surface area contributed by atoms with E-state index in [-0.39, 0.29) is 30.2 Å². The van der Waals surface area contributed by atoms with E-state index >= 15 is 0 Å². The first kappa shape index (κ1) is 23.6. The minimum Gasteiger partial charge on any atom is -0.304 e. The van der Waals surface area contributed by atoms with Crippen molar-refractivity contribution in [2.75, 3.05) is 13.2 Å². The molecule has 2 aliphatic heterocycles. The number of piperidine rings is 1. The highest BCUT2D eigenvalue weighted by Gasteiger charge is 2.64. The van der Waals surface area contributed by atoms with E-state index in [2.05, 4.69) is 9.88 Å². The molecule has 5 atom stereocenters. The number of benzene rings is 1. The fourth-order valence-electron chi connectivity index (χ4n) is 9.44. The van der Waals surface area contributed by atoms with Gasteiger partial charge in [0, 0.05) is 23.7 Å². The number of aromatic nitrogens is 2.